The standard InChI is InChI=1S/C9H12F3N3S2/c10-9(11,12)7-14-8(17-15-7)13-5-6-1-3-16-4-2-6/h6H,1-5H2,(H,13,14,15). The molecule has 0 radical (unpaired) electrons. The van der Waals surface area contributed by atoms with E-state index >= 15 is 0 Å². The minimum atomic E-state index is -4.45. The number of hydrogen-bond donors (Lipinski definition) is 1. The van der Waals surface area contributed by atoms with Gasteiger partial charge in [0.15, 0.2) is 0 Å². The van der Waals surface area contributed by atoms with E-state index in [9.17, 15) is 13.2 Å². The third-order valence-corrected chi connectivity index (χ3v) is 4.28. The highest BCUT2D eigenvalue weighted by molar-refractivity contribution is 7.99. The molecule has 0 unspecified atom stereocenters. The Balaban J connectivity index is 1.84. The number of thioether (sulfide) groups is 1. The van der Waals surface area contributed by atoms with Crippen molar-refractivity contribution < 1.29 is 13.2 Å². The van der Waals surface area contributed by atoms with E-state index in [1.54, 1.807) is 0 Å². The summed E-state index contributed by atoms with van der Waals surface area (Å²) in [5, 5.41) is 3.20. The molecule has 1 N–H and O–H groups in total. The monoisotopic (exact) mass is 283 g/mol. The van der Waals surface area contributed by atoms with Crippen LogP contribution in [0, 0.1) is 5.92 Å². The van der Waals surface area contributed by atoms with Crippen molar-refractivity contribution >= 4 is 28.4 Å². The van der Waals surface area contributed by atoms with Gasteiger partial charge in [0.1, 0.15) is 0 Å². The van der Waals surface area contributed by atoms with Gasteiger partial charge in [-0.25, -0.2) is 0 Å². The largest absolute Gasteiger partial charge is 0.452 e. The molecule has 96 valence electrons. The van der Waals surface area contributed by atoms with Crippen LogP contribution >= 0.6 is 23.3 Å². The van der Waals surface area contributed by atoms with Gasteiger partial charge in [-0.3, -0.25) is 0 Å². The van der Waals surface area contributed by atoms with Gasteiger partial charge in [0, 0.05) is 18.1 Å². The number of alkyl halides is 3. The number of nitrogens with zero attached hydrogens (tertiary/aromatic N) is 2. The molecule has 0 aliphatic carbocycles. The second-order valence-electron chi connectivity index (χ2n) is 3.86. The van der Waals surface area contributed by atoms with Gasteiger partial charge in [-0.15, -0.1) is 0 Å². The minimum Gasteiger partial charge on any atom is -0.360 e. The Kier molecular flexibility index (Phi) is 4.13. The van der Waals surface area contributed by atoms with E-state index in [0.717, 1.165) is 35.9 Å². The Morgan fingerprint density at radius 2 is 2.00 bits per heavy atom. The molecule has 0 atom stereocenters. The molecule has 3 nitrogen and oxygen atoms in total. The maximum absolute atomic E-state index is 12.2. The predicted molar refractivity (Wildman–Crippen MR) is 63.4 cm³/mol. The molecule has 0 aromatic carbocycles. The average Bonchev–Trinajstić information content (AvgIpc) is 2.76. The van der Waals surface area contributed by atoms with Crippen LogP contribution < -0.4 is 5.32 Å². The van der Waals surface area contributed by atoms with Crippen LogP contribution in [0.15, 0.2) is 0 Å². The van der Waals surface area contributed by atoms with Crippen LogP contribution in [-0.2, 0) is 6.18 Å². The molecule has 1 aromatic rings. The van der Waals surface area contributed by atoms with Crippen molar-refractivity contribution in [2.75, 3.05) is 23.4 Å². The first-order valence-electron chi connectivity index (χ1n) is 5.28. The number of nitrogens with one attached hydrogen (secondary N) is 1. The normalized spacial score (nSPS) is 18.3. The van der Waals surface area contributed by atoms with E-state index < -0.39 is 12.0 Å². The average molecular weight is 283 g/mol. The molecule has 1 aromatic heterocycles. The third kappa shape index (κ3) is 3.74. The molecule has 0 bridgehead atoms. The molecular formula is C9H12F3N3S2. The maximum atomic E-state index is 12.2. The maximum Gasteiger partial charge on any atom is 0.452 e. The lowest BCUT2D eigenvalue weighted by Gasteiger charge is -2.21. The van der Waals surface area contributed by atoms with Crippen molar-refractivity contribution in [2.45, 2.75) is 19.0 Å². The topological polar surface area (TPSA) is 37.8 Å². The van der Waals surface area contributed by atoms with Gasteiger partial charge in [0.2, 0.25) is 11.0 Å². The molecule has 0 amide bonds. The molecule has 1 aliphatic heterocycles. The van der Waals surface area contributed by atoms with Crippen LogP contribution in [-0.4, -0.2) is 27.4 Å². The second-order valence-corrected chi connectivity index (χ2v) is 5.83. The molecule has 1 fully saturated rings. The van der Waals surface area contributed by atoms with Gasteiger partial charge in [-0.05, 0) is 30.3 Å². The van der Waals surface area contributed by atoms with Crippen LogP contribution in [0.5, 0.6) is 0 Å². The first-order valence-corrected chi connectivity index (χ1v) is 7.21. The SMILES string of the molecule is FC(F)(F)c1nsc(NCC2CCSCC2)n1. The Hall–Kier alpha value is -0.500. The van der Waals surface area contributed by atoms with Gasteiger partial charge in [0.05, 0.1) is 0 Å². The number of aromatic nitrogens is 2. The molecule has 0 saturated carbocycles. The zero-order valence-corrected chi connectivity index (χ0v) is 10.6. The predicted octanol–water partition coefficient (Wildman–Crippen LogP) is 3.11. The van der Waals surface area contributed by atoms with Crippen molar-refractivity contribution in [3.05, 3.63) is 5.82 Å². The Labute approximate surface area is 105 Å². The smallest absolute Gasteiger partial charge is 0.360 e. The van der Waals surface area contributed by atoms with E-state index in [2.05, 4.69) is 14.7 Å². The fourth-order valence-corrected chi connectivity index (χ4v) is 3.39. The first-order chi connectivity index (χ1) is 8.05. The van der Waals surface area contributed by atoms with Gasteiger partial charge in [-0.2, -0.15) is 34.3 Å². The highest BCUT2D eigenvalue weighted by atomic mass is 32.2. The molecular weight excluding hydrogens is 271 g/mol. The summed E-state index contributed by atoms with van der Waals surface area (Å²) in [5.41, 5.74) is 0. The molecule has 17 heavy (non-hydrogen) atoms. The number of hydrogen-bond acceptors (Lipinski definition) is 5. The summed E-state index contributed by atoms with van der Waals surface area (Å²) in [5.74, 6) is 1.76. The number of anilines is 1. The van der Waals surface area contributed by atoms with E-state index in [1.807, 2.05) is 11.8 Å². The van der Waals surface area contributed by atoms with Crippen molar-refractivity contribution in [1.82, 2.24) is 9.36 Å². The van der Waals surface area contributed by atoms with Gasteiger partial charge in [-0.1, -0.05) is 0 Å². The van der Waals surface area contributed by atoms with Crippen molar-refractivity contribution in [1.29, 1.82) is 0 Å². The Morgan fingerprint density at radius 1 is 1.29 bits per heavy atom. The molecule has 2 heterocycles. The van der Waals surface area contributed by atoms with E-state index in [0.29, 0.717) is 12.5 Å². The first kappa shape index (κ1) is 12.9. The summed E-state index contributed by atoms with van der Waals surface area (Å²) in [6.45, 7) is 0.688. The quantitative estimate of drug-likeness (QED) is 0.925. The van der Waals surface area contributed by atoms with Crippen LogP contribution in [0.1, 0.15) is 18.7 Å². The molecule has 0 spiro atoms. The molecule has 1 saturated heterocycles. The van der Waals surface area contributed by atoms with Crippen molar-refractivity contribution in [2.24, 2.45) is 5.92 Å². The summed E-state index contributed by atoms with van der Waals surface area (Å²) < 4.78 is 40.0. The van der Waals surface area contributed by atoms with Crippen LogP contribution in [0.25, 0.3) is 0 Å². The Bertz CT molecular complexity index is 361. The van der Waals surface area contributed by atoms with Gasteiger partial charge < -0.3 is 5.32 Å². The van der Waals surface area contributed by atoms with Crippen LogP contribution in [0.4, 0.5) is 18.3 Å². The fourth-order valence-electron chi connectivity index (χ4n) is 1.59. The zero-order valence-electron chi connectivity index (χ0n) is 8.96. The van der Waals surface area contributed by atoms with E-state index in [-0.39, 0.29) is 5.13 Å². The van der Waals surface area contributed by atoms with E-state index in [1.165, 1.54) is 0 Å². The van der Waals surface area contributed by atoms with Crippen molar-refractivity contribution in [3.63, 3.8) is 0 Å². The number of rotatable bonds is 3. The lowest BCUT2D eigenvalue weighted by molar-refractivity contribution is -0.144. The summed E-state index contributed by atoms with van der Waals surface area (Å²) in [7, 11) is 0. The summed E-state index contributed by atoms with van der Waals surface area (Å²) in [4.78, 5) is 3.43. The molecule has 2 rings (SSSR count). The van der Waals surface area contributed by atoms with Crippen LogP contribution in [0.3, 0.4) is 0 Å². The lowest BCUT2D eigenvalue weighted by Crippen LogP contribution is -2.19. The summed E-state index contributed by atoms with van der Waals surface area (Å²) >= 11 is 2.69. The van der Waals surface area contributed by atoms with Gasteiger partial charge in [0.25, 0.3) is 0 Å². The van der Waals surface area contributed by atoms with Gasteiger partial charge >= 0.3 is 6.18 Å². The Morgan fingerprint density at radius 3 is 2.59 bits per heavy atom. The van der Waals surface area contributed by atoms with Crippen molar-refractivity contribution in [3.8, 4) is 0 Å². The molecule has 1 aliphatic rings. The lowest BCUT2D eigenvalue weighted by atomic mass is 10.0. The zero-order chi connectivity index (χ0) is 12.3. The van der Waals surface area contributed by atoms with Crippen LogP contribution in [0.2, 0.25) is 0 Å². The number of halogens is 3. The van der Waals surface area contributed by atoms with E-state index in [4.69, 9.17) is 0 Å². The summed E-state index contributed by atoms with van der Waals surface area (Å²) in [6.07, 6.45) is -2.22. The minimum absolute atomic E-state index is 0.260. The fraction of sp³-hybridized carbons (Fsp3) is 0.778. The summed E-state index contributed by atoms with van der Waals surface area (Å²) in [6, 6.07) is 0. The second kappa shape index (κ2) is 5.43. The third-order valence-electron chi connectivity index (χ3n) is 2.56. The molecule has 8 heteroatoms. The highest BCUT2D eigenvalue weighted by Crippen LogP contribution is 2.29. The highest BCUT2D eigenvalue weighted by Gasteiger charge is 2.36.